The van der Waals surface area contributed by atoms with Gasteiger partial charge < -0.3 is 32.5 Å². The van der Waals surface area contributed by atoms with Crippen LogP contribution in [0.5, 0.6) is 0 Å². The largest absolute Gasteiger partial charge is 0.480 e. The van der Waals surface area contributed by atoms with Crippen molar-refractivity contribution < 1.29 is 24.3 Å². The Morgan fingerprint density at radius 1 is 0.909 bits per heavy atom. The molecule has 0 fully saturated rings. The molecule has 0 bridgehead atoms. The van der Waals surface area contributed by atoms with Gasteiger partial charge in [0.05, 0.1) is 19.6 Å². The van der Waals surface area contributed by atoms with Gasteiger partial charge in [-0.1, -0.05) is 0 Å². The highest BCUT2D eigenvalue weighted by molar-refractivity contribution is 5.90. The summed E-state index contributed by atoms with van der Waals surface area (Å²) in [6.45, 7) is -0.470. The van der Waals surface area contributed by atoms with Crippen molar-refractivity contribution in [2.45, 2.75) is 25.3 Å². The molecule has 0 heterocycles. The fourth-order valence-corrected chi connectivity index (χ4v) is 1.49. The highest BCUT2D eigenvalue weighted by Gasteiger charge is 2.19. The monoisotopic (exact) mass is 317 g/mol. The minimum Gasteiger partial charge on any atom is -0.480 e. The molecule has 0 aromatic rings. The zero-order valence-corrected chi connectivity index (χ0v) is 12.3. The number of carboxylic acid groups (broad SMARTS) is 1. The van der Waals surface area contributed by atoms with Crippen molar-refractivity contribution in [3.8, 4) is 0 Å². The molecule has 8 N–H and O–H groups in total. The first-order valence-electron chi connectivity index (χ1n) is 6.86. The molecule has 0 aromatic heterocycles. The molecule has 0 aliphatic rings. The second kappa shape index (κ2) is 11.5. The maximum Gasteiger partial charge on any atom is 0.326 e. The molecule has 10 nitrogen and oxygen atoms in total. The van der Waals surface area contributed by atoms with Crippen LogP contribution in [-0.2, 0) is 19.2 Å². The van der Waals surface area contributed by atoms with Crippen LogP contribution < -0.4 is 27.4 Å². The Bertz CT molecular complexity index is 401. The molecule has 0 radical (unpaired) electrons. The predicted molar refractivity (Wildman–Crippen MR) is 77.5 cm³/mol. The summed E-state index contributed by atoms with van der Waals surface area (Å²) in [5, 5.41) is 15.8. The zero-order chi connectivity index (χ0) is 17.0. The fraction of sp³-hybridized carbons (Fsp3) is 0.667. The molecular weight excluding hydrogens is 294 g/mol. The molecule has 126 valence electrons. The highest BCUT2D eigenvalue weighted by Crippen LogP contribution is 2.00. The molecule has 0 spiro atoms. The number of rotatable bonds is 11. The molecule has 0 aliphatic heterocycles. The average Bonchev–Trinajstić information content (AvgIpc) is 2.49. The van der Waals surface area contributed by atoms with Gasteiger partial charge in [-0.2, -0.15) is 0 Å². The van der Waals surface area contributed by atoms with E-state index < -0.39 is 29.7 Å². The molecule has 0 saturated heterocycles. The molecule has 0 saturated carbocycles. The number of carbonyl (C=O) groups is 4. The summed E-state index contributed by atoms with van der Waals surface area (Å²) in [7, 11) is 0. The van der Waals surface area contributed by atoms with Gasteiger partial charge in [0.2, 0.25) is 17.7 Å². The van der Waals surface area contributed by atoms with E-state index in [4.69, 9.17) is 16.6 Å². The van der Waals surface area contributed by atoms with Crippen molar-refractivity contribution >= 4 is 23.7 Å². The van der Waals surface area contributed by atoms with Crippen LogP contribution >= 0.6 is 0 Å². The van der Waals surface area contributed by atoms with E-state index in [9.17, 15) is 19.2 Å². The highest BCUT2D eigenvalue weighted by atomic mass is 16.4. The number of nitrogens with two attached hydrogens (primary N) is 2. The summed E-state index contributed by atoms with van der Waals surface area (Å²) in [4.78, 5) is 44.7. The average molecular weight is 317 g/mol. The summed E-state index contributed by atoms with van der Waals surface area (Å²) in [6, 6.07) is -1.02. The van der Waals surface area contributed by atoms with Gasteiger partial charge in [0.15, 0.2) is 0 Å². The van der Waals surface area contributed by atoms with Crippen molar-refractivity contribution in [1.82, 2.24) is 16.0 Å². The van der Waals surface area contributed by atoms with Gasteiger partial charge in [-0.3, -0.25) is 14.4 Å². The van der Waals surface area contributed by atoms with Gasteiger partial charge in [0.1, 0.15) is 6.04 Å². The number of hydrogen-bond donors (Lipinski definition) is 6. The topological polar surface area (TPSA) is 177 Å². The van der Waals surface area contributed by atoms with Crippen molar-refractivity contribution in [3.05, 3.63) is 0 Å². The Hall–Kier alpha value is -2.20. The van der Waals surface area contributed by atoms with E-state index in [1.54, 1.807) is 0 Å². The summed E-state index contributed by atoms with van der Waals surface area (Å²) >= 11 is 0. The van der Waals surface area contributed by atoms with Crippen LogP contribution in [-0.4, -0.2) is 61.0 Å². The molecular formula is C12H23N5O5. The van der Waals surface area contributed by atoms with E-state index in [0.29, 0.717) is 19.4 Å². The standard InChI is InChI=1S/C12H23N5O5/c13-4-2-1-3-8(12(21)22)17-11(20)7-16-10(19)6-15-9(18)5-14/h8H,1-7,13-14H2,(H,15,18)(H,16,19)(H,17,20)(H,21,22). The normalized spacial score (nSPS) is 11.4. The zero-order valence-electron chi connectivity index (χ0n) is 12.3. The van der Waals surface area contributed by atoms with Crippen molar-refractivity contribution in [2.24, 2.45) is 11.5 Å². The summed E-state index contributed by atoms with van der Waals surface area (Å²) in [5.74, 6) is -2.84. The Morgan fingerprint density at radius 3 is 2.05 bits per heavy atom. The van der Waals surface area contributed by atoms with Gasteiger partial charge >= 0.3 is 5.97 Å². The van der Waals surface area contributed by atoms with E-state index in [1.807, 2.05) is 0 Å². The third-order valence-electron chi connectivity index (χ3n) is 2.66. The maximum absolute atomic E-state index is 11.6. The van der Waals surface area contributed by atoms with Crippen LogP contribution in [0.3, 0.4) is 0 Å². The Labute approximate surface area is 128 Å². The van der Waals surface area contributed by atoms with Crippen LogP contribution in [0.1, 0.15) is 19.3 Å². The summed E-state index contributed by atoms with van der Waals surface area (Å²) < 4.78 is 0. The van der Waals surface area contributed by atoms with Gasteiger partial charge in [-0.05, 0) is 25.8 Å². The van der Waals surface area contributed by atoms with E-state index in [0.717, 1.165) is 0 Å². The van der Waals surface area contributed by atoms with Gasteiger partial charge in [-0.15, -0.1) is 0 Å². The molecule has 1 unspecified atom stereocenters. The smallest absolute Gasteiger partial charge is 0.326 e. The third kappa shape index (κ3) is 9.66. The first kappa shape index (κ1) is 19.8. The maximum atomic E-state index is 11.6. The van der Waals surface area contributed by atoms with Crippen molar-refractivity contribution in [3.63, 3.8) is 0 Å². The van der Waals surface area contributed by atoms with Crippen LogP contribution in [0.15, 0.2) is 0 Å². The Morgan fingerprint density at radius 2 is 1.50 bits per heavy atom. The molecule has 0 aromatic carbocycles. The Kier molecular flexibility index (Phi) is 10.3. The van der Waals surface area contributed by atoms with Crippen molar-refractivity contribution in [1.29, 1.82) is 0 Å². The number of hydrogen-bond acceptors (Lipinski definition) is 6. The number of carbonyl (C=O) groups excluding carboxylic acids is 3. The molecule has 0 aliphatic carbocycles. The fourth-order valence-electron chi connectivity index (χ4n) is 1.49. The number of amides is 3. The lowest BCUT2D eigenvalue weighted by Crippen LogP contribution is -2.47. The SMILES string of the molecule is NCCCCC(NC(=O)CNC(=O)CNC(=O)CN)C(=O)O. The number of aliphatic carboxylic acids is 1. The van der Waals surface area contributed by atoms with Crippen LogP contribution in [0.4, 0.5) is 0 Å². The lowest BCUT2D eigenvalue weighted by Gasteiger charge is -2.14. The molecule has 22 heavy (non-hydrogen) atoms. The second-order valence-corrected chi connectivity index (χ2v) is 4.50. The van der Waals surface area contributed by atoms with Gasteiger partial charge in [0.25, 0.3) is 0 Å². The lowest BCUT2D eigenvalue weighted by molar-refractivity contribution is -0.142. The minimum absolute atomic E-state index is 0.239. The quantitative estimate of drug-likeness (QED) is 0.218. The van der Waals surface area contributed by atoms with Crippen LogP contribution in [0, 0.1) is 0 Å². The Balaban J connectivity index is 4.05. The molecule has 1 atom stereocenters. The minimum atomic E-state index is -1.15. The number of carboxylic acids is 1. The van der Waals surface area contributed by atoms with Crippen LogP contribution in [0.25, 0.3) is 0 Å². The summed E-state index contributed by atoms with van der Waals surface area (Å²) in [5.41, 5.74) is 10.4. The lowest BCUT2D eigenvalue weighted by atomic mass is 10.1. The van der Waals surface area contributed by atoms with E-state index in [-0.39, 0.29) is 26.1 Å². The number of nitrogens with one attached hydrogen (secondary N) is 3. The second-order valence-electron chi connectivity index (χ2n) is 4.50. The van der Waals surface area contributed by atoms with E-state index in [2.05, 4.69) is 16.0 Å². The van der Waals surface area contributed by atoms with Crippen LogP contribution in [0.2, 0.25) is 0 Å². The van der Waals surface area contributed by atoms with Crippen molar-refractivity contribution in [2.75, 3.05) is 26.2 Å². The molecule has 3 amide bonds. The summed E-state index contributed by atoms with van der Waals surface area (Å²) in [6.07, 6.45) is 1.50. The van der Waals surface area contributed by atoms with E-state index >= 15 is 0 Å². The predicted octanol–water partition coefficient (Wildman–Crippen LogP) is -3.12. The van der Waals surface area contributed by atoms with Gasteiger partial charge in [-0.25, -0.2) is 4.79 Å². The van der Waals surface area contributed by atoms with Gasteiger partial charge in [0, 0.05) is 0 Å². The molecule has 10 heteroatoms. The van der Waals surface area contributed by atoms with E-state index in [1.165, 1.54) is 0 Å². The number of unbranched alkanes of at least 4 members (excludes halogenated alkanes) is 1. The first-order valence-corrected chi connectivity index (χ1v) is 6.86. The third-order valence-corrected chi connectivity index (χ3v) is 2.66. The first-order chi connectivity index (χ1) is 10.4. The molecule has 0 rings (SSSR count).